The van der Waals surface area contributed by atoms with E-state index in [1.54, 1.807) is 41.7 Å². The van der Waals surface area contributed by atoms with Crippen molar-refractivity contribution in [3.8, 4) is 20.9 Å². The van der Waals surface area contributed by atoms with Crippen LogP contribution in [0.3, 0.4) is 0 Å². The van der Waals surface area contributed by atoms with Crippen LogP contribution in [0.15, 0.2) is 82.6 Å². The van der Waals surface area contributed by atoms with Gasteiger partial charge in [0.2, 0.25) is 0 Å². The second-order valence-corrected chi connectivity index (χ2v) is 18.5. The van der Waals surface area contributed by atoms with Gasteiger partial charge < -0.3 is 20.5 Å². The minimum Gasteiger partial charge on any atom is -0.478 e. The van der Waals surface area contributed by atoms with Crippen LogP contribution in [0.2, 0.25) is 10.0 Å². The Kier molecular flexibility index (Phi) is 9.01. The Labute approximate surface area is 337 Å². The maximum Gasteiger partial charge on any atom is 0.339 e. The van der Waals surface area contributed by atoms with Gasteiger partial charge in [-0.1, -0.05) is 23.2 Å². The summed E-state index contributed by atoms with van der Waals surface area (Å²) in [5, 5.41) is 18.4. The molecule has 2 aliphatic heterocycles. The standard InChI is InChI=1S/C39H22Cl2N2O6S5/c1-49-39(48)23-11-21-20-10-22(38(46)47)26(42-36(44)32-6-16-14-50-28-4-2-18(40)8-24(28)34(16)53-32)12-30(20)52-31(21)13-27(23)43-37(45)33-7-17-15-51-29-5-3-19(41)9-25(29)35(17)54-33/h2-13H,14-15H2,1H3,(H,42,44)(H,43,45)(H,46,47). The van der Waals surface area contributed by atoms with Crippen molar-refractivity contribution >= 4 is 136 Å². The molecule has 0 unspecified atom stereocenters. The van der Waals surface area contributed by atoms with Gasteiger partial charge in [0.1, 0.15) is 0 Å². The summed E-state index contributed by atoms with van der Waals surface area (Å²) in [7, 11) is 1.26. The molecule has 3 N–H and O–H groups in total. The maximum absolute atomic E-state index is 13.7. The average Bonchev–Trinajstić information content (AvgIpc) is 3.89. The van der Waals surface area contributed by atoms with Gasteiger partial charge in [0.25, 0.3) is 11.8 Å². The molecule has 5 heterocycles. The highest BCUT2D eigenvalue weighted by Crippen LogP contribution is 2.48. The van der Waals surface area contributed by atoms with E-state index in [9.17, 15) is 24.3 Å². The van der Waals surface area contributed by atoms with Crippen molar-refractivity contribution in [2.24, 2.45) is 0 Å². The number of carbonyl (C=O) groups is 4. The average molecular weight is 846 g/mol. The molecule has 7 aromatic rings. The first-order valence-corrected chi connectivity index (χ1v) is 21.3. The lowest BCUT2D eigenvalue weighted by molar-refractivity contribution is 0.0601. The van der Waals surface area contributed by atoms with Crippen LogP contribution >= 0.6 is 80.7 Å². The molecule has 0 fully saturated rings. The number of ether oxygens (including phenoxy) is 1. The number of methoxy groups -OCH3 is 1. The lowest BCUT2D eigenvalue weighted by Gasteiger charge is -2.15. The zero-order chi connectivity index (χ0) is 37.4. The molecule has 0 spiro atoms. The van der Waals surface area contributed by atoms with Gasteiger partial charge in [-0.2, -0.15) is 0 Å². The number of halogens is 2. The fraction of sp³-hybridized carbons (Fsp3) is 0.0769. The largest absolute Gasteiger partial charge is 0.478 e. The first kappa shape index (κ1) is 35.4. The summed E-state index contributed by atoms with van der Waals surface area (Å²) < 4.78 is 6.46. The molecule has 0 atom stereocenters. The summed E-state index contributed by atoms with van der Waals surface area (Å²) in [6.07, 6.45) is 0. The number of thiophene rings is 3. The number of hydrogen-bond donors (Lipinski definition) is 3. The Bertz CT molecular complexity index is 2810. The van der Waals surface area contributed by atoms with Crippen LogP contribution < -0.4 is 10.6 Å². The topological polar surface area (TPSA) is 122 Å². The summed E-state index contributed by atoms with van der Waals surface area (Å²) in [4.78, 5) is 58.1. The van der Waals surface area contributed by atoms with Crippen molar-refractivity contribution in [1.29, 1.82) is 0 Å². The molecular weight excluding hydrogens is 824 g/mol. The fourth-order valence-electron chi connectivity index (χ4n) is 6.57. The summed E-state index contributed by atoms with van der Waals surface area (Å²) in [6, 6.07) is 21.6. The van der Waals surface area contributed by atoms with Gasteiger partial charge in [-0.15, -0.1) is 57.5 Å². The lowest BCUT2D eigenvalue weighted by Crippen LogP contribution is -2.14. The summed E-state index contributed by atoms with van der Waals surface area (Å²) in [5.41, 5.74) is 4.41. The highest BCUT2D eigenvalue weighted by molar-refractivity contribution is 7.99. The Morgan fingerprint density at radius 2 is 1.13 bits per heavy atom. The number of carbonyl (C=O) groups excluding carboxylic acids is 3. The molecule has 4 aromatic carbocycles. The van der Waals surface area contributed by atoms with E-state index in [4.69, 9.17) is 27.9 Å². The molecule has 2 aliphatic rings. The van der Waals surface area contributed by atoms with Crippen molar-refractivity contribution < 1.29 is 29.0 Å². The number of rotatable bonds is 6. The van der Waals surface area contributed by atoms with Crippen LogP contribution in [-0.2, 0) is 16.2 Å². The zero-order valence-electron chi connectivity index (χ0n) is 27.6. The number of esters is 1. The van der Waals surface area contributed by atoms with Gasteiger partial charge in [0.05, 0.1) is 39.4 Å². The first-order valence-electron chi connectivity index (χ1n) is 16.1. The van der Waals surface area contributed by atoms with Gasteiger partial charge in [0, 0.05) is 72.4 Å². The van der Waals surface area contributed by atoms with Crippen LogP contribution in [0, 0.1) is 0 Å². The normalized spacial score (nSPS) is 12.8. The summed E-state index contributed by atoms with van der Waals surface area (Å²) >= 11 is 20.0. The van der Waals surface area contributed by atoms with E-state index in [1.165, 1.54) is 47.2 Å². The van der Waals surface area contributed by atoms with E-state index < -0.39 is 17.8 Å². The first-order chi connectivity index (χ1) is 26.0. The third-order valence-electron chi connectivity index (χ3n) is 9.09. The van der Waals surface area contributed by atoms with E-state index in [0.29, 0.717) is 51.5 Å². The fourth-order valence-corrected chi connectivity index (χ4v) is 12.6. The van der Waals surface area contributed by atoms with Crippen molar-refractivity contribution in [3.05, 3.63) is 115 Å². The van der Waals surface area contributed by atoms with Crippen LogP contribution in [0.5, 0.6) is 0 Å². The Balaban J connectivity index is 1.05. The molecule has 2 amide bonds. The van der Waals surface area contributed by atoms with Crippen LogP contribution in [0.4, 0.5) is 11.4 Å². The lowest BCUT2D eigenvalue weighted by atomic mass is 10.0. The van der Waals surface area contributed by atoms with Crippen LogP contribution in [0.1, 0.15) is 51.2 Å². The highest BCUT2D eigenvalue weighted by atomic mass is 35.5. The molecule has 0 saturated heterocycles. The Morgan fingerprint density at radius 3 is 1.61 bits per heavy atom. The van der Waals surface area contributed by atoms with Crippen molar-refractivity contribution in [1.82, 2.24) is 0 Å². The van der Waals surface area contributed by atoms with Crippen molar-refractivity contribution in [3.63, 3.8) is 0 Å². The molecule has 15 heteroatoms. The number of carboxylic acid groups (broad SMARTS) is 1. The smallest absolute Gasteiger partial charge is 0.339 e. The minimum absolute atomic E-state index is 0.107. The van der Waals surface area contributed by atoms with Gasteiger partial charge >= 0.3 is 11.9 Å². The number of aromatic carboxylic acids is 1. The van der Waals surface area contributed by atoms with Gasteiger partial charge in [-0.25, -0.2) is 9.59 Å². The second-order valence-electron chi connectivity index (χ2n) is 12.4. The third-order valence-corrected chi connectivity index (χ3v) is 15.3. The number of fused-ring (bicyclic) bond motifs is 9. The minimum atomic E-state index is -1.23. The Morgan fingerprint density at radius 1 is 0.648 bits per heavy atom. The molecule has 9 rings (SSSR count). The van der Waals surface area contributed by atoms with Crippen LogP contribution in [0.25, 0.3) is 41.1 Å². The highest BCUT2D eigenvalue weighted by Gasteiger charge is 2.27. The molecule has 3 aromatic heterocycles. The summed E-state index contributed by atoms with van der Waals surface area (Å²) in [6.45, 7) is 0. The predicted octanol–water partition coefficient (Wildman–Crippen LogP) is 12.0. The second kappa shape index (κ2) is 13.7. The number of thioether (sulfide) groups is 2. The Hall–Kier alpha value is -4.34. The van der Waals surface area contributed by atoms with Gasteiger partial charge in [-0.05, 0) is 83.9 Å². The van der Waals surface area contributed by atoms with E-state index in [-0.39, 0.29) is 28.4 Å². The van der Waals surface area contributed by atoms with E-state index in [1.807, 2.05) is 48.5 Å². The van der Waals surface area contributed by atoms with E-state index >= 15 is 0 Å². The van der Waals surface area contributed by atoms with E-state index in [0.717, 1.165) is 41.8 Å². The number of hydrogen-bond acceptors (Lipinski definition) is 10. The van der Waals surface area contributed by atoms with Gasteiger partial charge in [0.15, 0.2) is 0 Å². The maximum atomic E-state index is 13.7. The number of anilines is 2. The summed E-state index contributed by atoms with van der Waals surface area (Å²) in [5.74, 6) is -1.28. The van der Waals surface area contributed by atoms with Crippen molar-refractivity contribution in [2.45, 2.75) is 21.3 Å². The number of benzene rings is 4. The van der Waals surface area contributed by atoms with E-state index in [2.05, 4.69) is 10.6 Å². The molecule has 0 saturated carbocycles. The monoisotopic (exact) mass is 844 g/mol. The molecule has 0 bridgehead atoms. The van der Waals surface area contributed by atoms with Gasteiger partial charge in [-0.3, -0.25) is 9.59 Å². The molecule has 0 aliphatic carbocycles. The zero-order valence-corrected chi connectivity index (χ0v) is 33.2. The van der Waals surface area contributed by atoms with Crippen LogP contribution in [-0.4, -0.2) is 36.0 Å². The molecule has 8 nitrogen and oxygen atoms in total. The number of nitrogens with one attached hydrogen (secondary N) is 2. The molecule has 54 heavy (non-hydrogen) atoms. The number of carboxylic acids is 1. The predicted molar refractivity (Wildman–Crippen MR) is 222 cm³/mol. The SMILES string of the molecule is COC(=O)c1cc2c(cc1NC(=O)c1cc3c(s1)-c1cc(Cl)ccc1SC3)sc1cc(NC(=O)c3cc4c(s3)-c3cc(Cl)ccc3SC4)c(C(=O)O)cc12. The third kappa shape index (κ3) is 6.17. The molecule has 268 valence electrons. The molecule has 0 radical (unpaired) electrons. The van der Waals surface area contributed by atoms with Crippen molar-refractivity contribution in [2.75, 3.05) is 17.7 Å². The quantitative estimate of drug-likeness (QED) is 0.141. The number of amides is 2. The molecular formula is C39H22Cl2N2O6S5.